The normalized spacial score (nSPS) is 23.4. The van der Waals surface area contributed by atoms with E-state index in [0.29, 0.717) is 6.04 Å². The van der Waals surface area contributed by atoms with E-state index in [1.54, 1.807) is 0 Å². The summed E-state index contributed by atoms with van der Waals surface area (Å²) in [5.41, 5.74) is 2.27. The van der Waals surface area contributed by atoms with Crippen LogP contribution in [0, 0.1) is 12.8 Å². The van der Waals surface area contributed by atoms with Gasteiger partial charge in [-0.15, -0.1) is 0 Å². The second kappa shape index (κ2) is 4.67. The van der Waals surface area contributed by atoms with Gasteiger partial charge < -0.3 is 10.4 Å². The average molecular weight is 245 g/mol. The highest BCUT2D eigenvalue weighted by molar-refractivity contribution is 5.25. The highest BCUT2D eigenvalue weighted by atomic mass is 16.3. The molecule has 0 heterocycles. The van der Waals surface area contributed by atoms with Crippen molar-refractivity contribution in [1.82, 2.24) is 5.32 Å². The van der Waals surface area contributed by atoms with Crippen molar-refractivity contribution in [3.05, 3.63) is 35.4 Å². The second-order valence-corrected chi connectivity index (χ2v) is 6.18. The molecule has 2 aliphatic carbocycles. The third-order valence-electron chi connectivity index (χ3n) is 4.47. The third kappa shape index (κ3) is 2.60. The predicted octanol–water partition coefficient (Wildman–Crippen LogP) is 2.95. The monoisotopic (exact) mass is 245 g/mol. The second-order valence-electron chi connectivity index (χ2n) is 6.18. The lowest BCUT2D eigenvalue weighted by atomic mass is 9.80. The molecule has 0 bridgehead atoms. The molecule has 18 heavy (non-hydrogen) atoms. The molecule has 2 aliphatic rings. The molecule has 0 amide bonds. The topological polar surface area (TPSA) is 32.3 Å². The van der Waals surface area contributed by atoms with Crippen molar-refractivity contribution in [2.24, 2.45) is 5.92 Å². The Morgan fingerprint density at radius 2 is 1.94 bits per heavy atom. The lowest BCUT2D eigenvalue weighted by Gasteiger charge is -2.38. The van der Waals surface area contributed by atoms with E-state index < -0.39 is 5.60 Å². The zero-order valence-corrected chi connectivity index (χ0v) is 11.2. The van der Waals surface area contributed by atoms with Crippen LogP contribution in [-0.2, 0) is 0 Å². The summed E-state index contributed by atoms with van der Waals surface area (Å²) in [4.78, 5) is 0. The zero-order valence-electron chi connectivity index (χ0n) is 11.2. The lowest BCUT2D eigenvalue weighted by molar-refractivity contribution is -0.0337. The van der Waals surface area contributed by atoms with Crippen LogP contribution in [0.2, 0.25) is 0 Å². The summed E-state index contributed by atoms with van der Waals surface area (Å²) >= 11 is 0. The van der Waals surface area contributed by atoms with Crippen LogP contribution in [0.25, 0.3) is 0 Å². The molecule has 1 unspecified atom stereocenters. The summed E-state index contributed by atoms with van der Waals surface area (Å²) in [5, 5.41) is 13.8. The fraction of sp³-hybridized carbons (Fsp3) is 0.625. The van der Waals surface area contributed by atoms with Gasteiger partial charge in [-0.3, -0.25) is 0 Å². The quantitative estimate of drug-likeness (QED) is 0.836. The van der Waals surface area contributed by atoms with Gasteiger partial charge in [0, 0.05) is 12.6 Å². The van der Waals surface area contributed by atoms with Crippen LogP contribution in [0.3, 0.4) is 0 Å². The minimum atomic E-state index is -0.419. The molecular formula is C16H23NO. The maximum absolute atomic E-state index is 10.2. The van der Waals surface area contributed by atoms with E-state index in [9.17, 15) is 5.11 Å². The van der Waals surface area contributed by atoms with Crippen molar-refractivity contribution < 1.29 is 5.11 Å². The number of aryl methyl sites for hydroxylation is 1. The number of hydrogen-bond acceptors (Lipinski definition) is 2. The number of hydrogen-bond donors (Lipinski definition) is 2. The van der Waals surface area contributed by atoms with E-state index in [4.69, 9.17) is 0 Å². The summed E-state index contributed by atoms with van der Waals surface area (Å²) in [7, 11) is 0. The van der Waals surface area contributed by atoms with Gasteiger partial charge in [0.25, 0.3) is 0 Å². The Morgan fingerprint density at radius 3 is 2.44 bits per heavy atom. The standard InChI is InChI=1S/C16H23NO/c1-12-3-5-13(6-4-12)15(14-7-8-14)17-11-16(18)9-2-10-16/h3-6,14-15,17-18H,2,7-11H2,1H3. The fourth-order valence-electron chi connectivity index (χ4n) is 2.82. The van der Waals surface area contributed by atoms with Crippen LogP contribution in [0.5, 0.6) is 0 Å². The van der Waals surface area contributed by atoms with E-state index in [-0.39, 0.29) is 0 Å². The molecule has 0 aromatic heterocycles. The Balaban J connectivity index is 1.66. The molecule has 0 aliphatic heterocycles. The van der Waals surface area contributed by atoms with Gasteiger partial charge in [-0.2, -0.15) is 0 Å². The molecule has 2 fully saturated rings. The van der Waals surface area contributed by atoms with Crippen LogP contribution in [0.4, 0.5) is 0 Å². The first-order valence-electron chi connectivity index (χ1n) is 7.19. The number of rotatable bonds is 5. The van der Waals surface area contributed by atoms with Gasteiger partial charge in [-0.1, -0.05) is 29.8 Å². The first kappa shape index (κ1) is 12.2. The van der Waals surface area contributed by atoms with Crippen molar-refractivity contribution in [2.45, 2.75) is 50.7 Å². The van der Waals surface area contributed by atoms with Crippen molar-refractivity contribution in [1.29, 1.82) is 0 Å². The highest BCUT2D eigenvalue weighted by Gasteiger charge is 2.37. The number of aliphatic hydroxyl groups is 1. The van der Waals surface area contributed by atoms with E-state index in [2.05, 4.69) is 36.5 Å². The molecule has 2 N–H and O–H groups in total. The molecule has 1 aromatic rings. The molecule has 1 aromatic carbocycles. The van der Waals surface area contributed by atoms with Gasteiger partial charge in [0.2, 0.25) is 0 Å². The van der Waals surface area contributed by atoms with Crippen LogP contribution < -0.4 is 5.32 Å². The Bertz CT molecular complexity index is 404. The van der Waals surface area contributed by atoms with Crippen molar-refractivity contribution in [2.75, 3.05) is 6.54 Å². The Morgan fingerprint density at radius 1 is 1.28 bits per heavy atom. The molecule has 0 saturated heterocycles. The summed E-state index contributed by atoms with van der Waals surface area (Å²) in [6, 6.07) is 9.27. The summed E-state index contributed by atoms with van der Waals surface area (Å²) in [5.74, 6) is 0.774. The maximum atomic E-state index is 10.2. The summed E-state index contributed by atoms with van der Waals surface area (Å²) in [6.07, 6.45) is 5.75. The average Bonchev–Trinajstić information content (AvgIpc) is 3.14. The van der Waals surface area contributed by atoms with Gasteiger partial charge in [0.05, 0.1) is 5.60 Å². The first-order valence-corrected chi connectivity index (χ1v) is 7.19. The number of benzene rings is 1. The summed E-state index contributed by atoms with van der Waals surface area (Å²) < 4.78 is 0. The van der Waals surface area contributed by atoms with E-state index in [1.165, 1.54) is 30.4 Å². The van der Waals surface area contributed by atoms with Gasteiger partial charge in [-0.05, 0) is 50.5 Å². The largest absolute Gasteiger partial charge is 0.389 e. The van der Waals surface area contributed by atoms with Gasteiger partial charge >= 0.3 is 0 Å². The van der Waals surface area contributed by atoms with Crippen molar-refractivity contribution in [3.63, 3.8) is 0 Å². The van der Waals surface area contributed by atoms with E-state index >= 15 is 0 Å². The molecule has 2 heteroatoms. The molecule has 3 rings (SSSR count). The minimum Gasteiger partial charge on any atom is -0.389 e. The van der Waals surface area contributed by atoms with Crippen LogP contribution >= 0.6 is 0 Å². The van der Waals surface area contributed by atoms with Crippen LogP contribution in [0.15, 0.2) is 24.3 Å². The smallest absolute Gasteiger partial charge is 0.0771 e. The first-order chi connectivity index (χ1) is 8.66. The van der Waals surface area contributed by atoms with Crippen molar-refractivity contribution in [3.8, 4) is 0 Å². The third-order valence-corrected chi connectivity index (χ3v) is 4.47. The Hall–Kier alpha value is -0.860. The molecule has 0 radical (unpaired) electrons. The molecule has 1 atom stereocenters. The SMILES string of the molecule is Cc1ccc(C(NCC2(O)CCC2)C2CC2)cc1. The Labute approximate surface area is 109 Å². The molecule has 2 nitrogen and oxygen atoms in total. The molecule has 98 valence electrons. The maximum Gasteiger partial charge on any atom is 0.0771 e. The van der Waals surface area contributed by atoms with Crippen molar-refractivity contribution >= 4 is 0 Å². The molecular weight excluding hydrogens is 222 g/mol. The molecule has 2 saturated carbocycles. The van der Waals surface area contributed by atoms with E-state index in [1.807, 2.05) is 0 Å². The minimum absolute atomic E-state index is 0.419. The number of nitrogens with one attached hydrogen (secondary N) is 1. The lowest BCUT2D eigenvalue weighted by Crippen LogP contribution is -2.47. The van der Waals surface area contributed by atoms with Gasteiger partial charge in [-0.25, -0.2) is 0 Å². The summed E-state index contributed by atoms with van der Waals surface area (Å²) in [6.45, 7) is 2.88. The fourth-order valence-corrected chi connectivity index (χ4v) is 2.82. The van der Waals surface area contributed by atoms with E-state index in [0.717, 1.165) is 25.3 Å². The van der Waals surface area contributed by atoms with Gasteiger partial charge in [0.15, 0.2) is 0 Å². The predicted molar refractivity (Wildman–Crippen MR) is 73.4 cm³/mol. The molecule has 0 spiro atoms. The Kier molecular flexibility index (Phi) is 3.16. The highest BCUT2D eigenvalue weighted by Crippen LogP contribution is 2.42. The zero-order chi connectivity index (χ0) is 12.6. The van der Waals surface area contributed by atoms with Gasteiger partial charge in [0.1, 0.15) is 0 Å². The van der Waals surface area contributed by atoms with Crippen LogP contribution in [0.1, 0.15) is 49.3 Å². The van der Waals surface area contributed by atoms with Crippen LogP contribution in [-0.4, -0.2) is 17.3 Å².